The number of aliphatic carboxylic acids is 1. The molecule has 1 aliphatic heterocycles. The van der Waals surface area contributed by atoms with Gasteiger partial charge in [0, 0.05) is 6.54 Å². The molecule has 0 aromatic carbocycles. The molecule has 104 valence electrons. The molecule has 0 aromatic heterocycles. The highest BCUT2D eigenvalue weighted by molar-refractivity contribution is 7.99. The van der Waals surface area contributed by atoms with Gasteiger partial charge in [-0.1, -0.05) is 13.8 Å². The van der Waals surface area contributed by atoms with Crippen molar-refractivity contribution in [1.29, 1.82) is 0 Å². The van der Waals surface area contributed by atoms with Crippen molar-refractivity contribution in [2.75, 3.05) is 18.1 Å². The highest BCUT2D eigenvalue weighted by Crippen LogP contribution is 2.22. The molecule has 1 heterocycles. The Kier molecular flexibility index (Phi) is 6.32. The summed E-state index contributed by atoms with van der Waals surface area (Å²) in [6.45, 7) is 4.50. The predicted molar refractivity (Wildman–Crippen MR) is 72.8 cm³/mol. The first kappa shape index (κ1) is 15.1. The van der Waals surface area contributed by atoms with Crippen molar-refractivity contribution in [3.05, 3.63) is 0 Å². The van der Waals surface area contributed by atoms with Gasteiger partial charge in [0.15, 0.2) is 0 Å². The van der Waals surface area contributed by atoms with Gasteiger partial charge in [-0.25, -0.2) is 9.59 Å². The maximum Gasteiger partial charge on any atom is 0.326 e. The van der Waals surface area contributed by atoms with Crippen molar-refractivity contribution in [1.82, 2.24) is 10.6 Å². The van der Waals surface area contributed by atoms with E-state index in [1.54, 1.807) is 0 Å². The van der Waals surface area contributed by atoms with E-state index in [1.807, 2.05) is 25.6 Å². The fraction of sp³-hybridized carbons (Fsp3) is 0.833. The maximum absolute atomic E-state index is 11.6. The zero-order chi connectivity index (χ0) is 13.5. The van der Waals surface area contributed by atoms with Crippen LogP contribution in [0.4, 0.5) is 4.79 Å². The van der Waals surface area contributed by atoms with Gasteiger partial charge in [0.1, 0.15) is 6.04 Å². The monoisotopic (exact) mass is 274 g/mol. The molecule has 3 N–H and O–H groups in total. The molecule has 2 atom stereocenters. The normalized spacial score (nSPS) is 20.7. The zero-order valence-corrected chi connectivity index (χ0v) is 11.8. The second-order valence-electron chi connectivity index (χ2n) is 5.10. The second-order valence-corrected chi connectivity index (χ2v) is 6.25. The highest BCUT2D eigenvalue weighted by Gasteiger charge is 2.22. The first-order valence-electron chi connectivity index (χ1n) is 6.34. The Morgan fingerprint density at radius 2 is 2.17 bits per heavy atom. The number of thioether (sulfide) groups is 1. The molecule has 1 saturated heterocycles. The van der Waals surface area contributed by atoms with Crippen LogP contribution in [0.15, 0.2) is 0 Å². The zero-order valence-electron chi connectivity index (χ0n) is 10.9. The van der Waals surface area contributed by atoms with E-state index in [2.05, 4.69) is 10.6 Å². The van der Waals surface area contributed by atoms with Crippen LogP contribution in [0.25, 0.3) is 0 Å². The number of nitrogens with one attached hydrogen (secondary N) is 2. The first-order chi connectivity index (χ1) is 8.49. The Morgan fingerprint density at radius 3 is 2.67 bits per heavy atom. The summed E-state index contributed by atoms with van der Waals surface area (Å²) in [6.07, 6.45) is 1.57. The first-order valence-corrected chi connectivity index (χ1v) is 7.49. The summed E-state index contributed by atoms with van der Waals surface area (Å²) in [5, 5.41) is 14.3. The third kappa shape index (κ3) is 5.62. The number of hydrogen-bond acceptors (Lipinski definition) is 3. The number of carboxylic acids is 1. The summed E-state index contributed by atoms with van der Waals surface area (Å²) in [4.78, 5) is 22.6. The fourth-order valence-corrected chi connectivity index (χ4v) is 3.17. The number of carbonyl (C=O) groups excluding carboxylic acids is 1. The lowest BCUT2D eigenvalue weighted by Crippen LogP contribution is -2.47. The van der Waals surface area contributed by atoms with Gasteiger partial charge in [0.2, 0.25) is 0 Å². The van der Waals surface area contributed by atoms with Crippen LogP contribution in [-0.2, 0) is 4.79 Å². The minimum Gasteiger partial charge on any atom is -0.480 e. The number of hydrogen-bond donors (Lipinski definition) is 3. The van der Waals surface area contributed by atoms with Crippen LogP contribution < -0.4 is 10.6 Å². The molecule has 6 heteroatoms. The van der Waals surface area contributed by atoms with Crippen molar-refractivity contribution < 1.29 is 14.7 Å². The van der Waals surface area contributed by atoms with E-state index in [4.69, 9.17) is 5.11 Å². The Labute approximate surface area is 112 Å². The third-order valence-corrected chi connectivity index (χ3v) is 4.12. The number of urea groups is 1. The molecule has 2 amide bonds. The summed E-state index contributed by atoms with van der Waals surface area (Å²) in [5.41, 5.74) is 0. The molecule has 1 aliphatic rings. The van der Waals surface area contributed by atoms with Gasteiger partial charge in [-0.2, -0.15) is 11.8 Å². The Hall–Kier alpha value is -0.910. The Bertz CT molecular complexity index is 291. The lowest BCUT2D eigenvalue weighted by atomic mass is 10.0. The number of amides is 2. The molecule has 0 spiro atoms. The van der Waals surface area contributed by atoms with Crippen molar-refractivity contribution in [2.45, 2.75) is 32.7 Å². The average Bonchev–Trinajstić information content (AvgIpc) is 2.77. The molecule has 0 radical (unpaired) electrons. The van der Waals surface area contributed by atoms with E-state index < -0.39 is 12.0 Å². The molecule has 0 bridgehead atoms. The second kappa shape index (κ2) is 7.51. The van der Waals surface area contributed by atoms with Crippen LogP contribution in [0.3, 0.4) is 0 Å². The third-order valence-electron chi connectivity index (χ3n) is 2.89. The van der Waals surface area contributed by atoms with Crippen molar-refractivity contribution in [2.24, 2.45) is 11.8 Å². The van der Waals surface area contributed by atoms with E-state index in [1.165, 1.54) is 0 Å². The van der Waals surface area contributed by atoms with E-state index in [0.29, 0.717) is 18.9 Å². The molecule has 1 rings (SSSR count). The summed E-state index contributed by atoms with van der Waals surface area (Å²) in [5.74, 6) is 2.01. The molecule has 1 fully saturated rings. The number of carboxylic acid groups (broad SMARTS) is 1. The lowest BCUT2D eigenvalue weighted by molar-refractivity contribution is -0.139. The topological polar surface area (TPSA) is 78.4 Å². The quantitative estimate of drug-likeness (QED) is 0.686. The fourth-order valence-electron chi connectivity index (χ4n) is 1.88. The van der Waals surface area contributed by atoms with Gasteiger partial charge < -0.3 is 15.7 Å². The van der Waals surface area contributed by atoms with Crippen molar-refractivity contribution >= 4 is 23.8 Å². The molecule has 0 aliphatic carbocycles. The summed E-state index contributed by atoms with van der Waals surface area (Å²) < 4.78 is 0. The molecular formula is C12H22N2O3S. The van der Waals surface area contributed by atoms with Crippen LogP contribution >= 0.6 is 11.8 Å². The molecule has 18 heavy (non-hydrogen) atoms. The van der Waals surface area contributed by atoms with Gasteiger partial charge in [-0.3, -0.25) is 0 Å². The van der Waals surface area contributed by atoms with E-state index >= 15 is 0 Å². The lowest BCUT2D eigenvalue weighted by Gasteiger charge is -2.17. The van der Waals surface area contributed by atoms with Gasteiger partial charge in [-0.05, 0) is 36.2 Å². The van der Waals surface area contributed by atoms with E-state index in [0.717, 1.165) is 17.9 Å². The van der Waals surface area contributed by atoms with Crippen LogP contribution in [0.1, 0.15) is 26.7 Å². The largest absolute Gasteiger partial charge is 0.480 e. The highest BCUT2D eigenvalue weighted by atomic mass is 32.2. The summed E-state index contributed by atoms with van der Waals surface area (Å²) in [7, 11) is 0. The SMILES string of the molecule is CC(C)C[C@H](NC(=O)NCC1CCSC1)C(=O)O. The maximum atomic E-state index is 11.6. The van der Waals surface area contributed by atoms with E-state index in [-0.39, 0.29) is 11.9 Å². The molecule has 5 nitrogen and oxygen atoms in total. The van der Waals surface area contributed by atoms with Crippen LogP contribution in [0, 0.1) is 11.8 Å². The number of carbonyl (C=O) groups is 2. The van der Waals surface area contributed by atoms with Crippen LogP contribution in [0.2, 0.25) is 0 Å². The molecule has 1 unspecified atom stereocenters. The van der Waals surface area contributed by atoms with Crippen LogP contribution in [-0.4, -0.2) is 41.2 Å². The summed E-state index contributed by atoms with van der Waals surface area (Å²) in [6, 6.07) is -1.18. The minimum atomic E-state index is -0.977. The Balaban J connectivity index is 2.29. The minimum absolute atomic E-state index is 0.234. The van der Waals surface area contributed by atoms with Crippen molar-refractivity contribution in [3.8, 4) is 0 Å². The van der Waals surface area contributed by atoms with Gasteiger partial charge in [-0.15, -0.1) is 0 Å². The molecular weight excluding hydrogens is 252 g/mol. The average molecular weight is 274 g/mol. The van der Waals surface area contributed by atoms with Crippen LogP contribution in [0.5, 0.6) is 0 Å². The molecule has 0 saturated carbocycles. The summed E-state index contributed by atoms with van der Waals surface area (Å²) >= 11 is 1.90. The predicted octanol–water partition coefficient (Wildman–Crippen LogP) is 1.54. The standard InChI is InChI=1S/C12H22N2O3S/c1-8(2)5-10(11(15)16)14-12(17)13-6-9-3-4-18-7-9/h8-10H,3-7H2,1-2H3,(H,15,16)(H2,13,14,17)/t9?,10-/m0/s1. The van der Waals surface area contributed by atoms with E-state index in [9.17, 15) is 9.59 Å². The Morgan fingerprint density at radius 1 is 1.44 bits per heavy atom. The molecule has 0 aromatic rings. The van der Waals surface area contributed by atoms with Gasteiger partial charge >= 0.3 is 12.0 Å². The van der Waals surface area contributed by atoms with Gasteiger partial charge in [0.25, 0.3) is 0 Å². The smallest absolute Gasteiger partial charge is 0.326 e. The van der Waals surface area contributed by atoms with Crippen molar-refractivity contribution in [3.63, 3.8) is 0 Å². The number of rotatable bonds is 6. The van der Waals surface area contributed by atoms with Gasteiger partial charge in [0.05, 0.1) is 0 Å².